The summed E-state index contributed by atoms with van der Waals surface area (Å²) in [5.74, 6) is 0.699. The zero-order valence-corrected chi connectivity index (χ0v) is 15.4. The lowest BCUT2D eigenvalue weighted by Gasteiger charge is -2.34. The van der Waals surface area contributed by atoms with Crippen LogP contribution in [0.5, 0.6) is 0 Å². The number of hydrogen-bond acceptors (Lipinski definition) is 3. The van der Waals surface area contributed by atoms with E-state index in [1.807, 2.05) is 30.6 Å². The van der Waals surface area contributed by atoms with Crippen LogP contribution in [0.15, 0.2) is 0 Å². The fourth-order valence-electron chi connectivity index (χ4n) is 3.07. The molecule has 2 unspecified atom stereocenters. The Kier molecular flexibility index (Phi) is 5.75. The van der Waals surface area contributed by atoms with Gasteiger partial charge in [-0.2, -0.15) is 0 Å². The van der Waals surface area contributed by atoms with Crippen LogP contribution in [0.1, 0.15) is 46.5 Å². The van der Waals surface area contributed by atoms with E-state index in [4.69, 9.17) is 4.74 Å². The third-order valence-corrected chi connectivity index (χ3v) is 4.76. The van der Waals surface area contributed by atoms with E-state index in [2.05, 4.69) is 15.9 Å². The summed E-state index contributed by atoms with van der Waals surface area (Å²) in [6, 6.07) is 0. The van der Waals surface area contributed by atoms with Gasteiger partial charge >= 0.3 is 6.09 Å². The molecule has 0 bridgehead atoms. The predicted octanol–water partition coefficient (Wildman–Crippen LogP) is 3.02. The van der Waals surface area contributed by atoms with Gasteiger partial charge in [0.15, 0.2) is 0 Å². The van der Waals surface area contributed by atoms with E-state index in [0.717, 1.165) is 45.4 Å². The number of likely N-dealkylation sites (tertiary alicyclic amines) is 2. The molecule has 0 aromatic carbocycles. The molecule has 2 atom stereocenters. The molecule has 2 aliphatic rings. The normalized spacial score (nSPS) is 26.5. The molecule has 2 amide bonds. The number of rotatable bonds is 3. The molecule has 6 heteroatoms. The summed E-state index contributed by atoms with van der Waals surface area (Å²) in [4.78, 5) is 28.0. The molecule has 0 aromatic heterocycles. The second kappa shape index (κ2) is 7.20. The van der Waals surface area contributed by atoms with Crippen LogP contribution in [0.2, 0.25) is 0 Å². The van der Waals surface area contributed by atoms with Crippen molar-refractivity contribution in [1.29, 1.82) is 0 Å². The maximum atomic E-state index is 12.1. The molecule has 0 N–H and O–H groups in total. The molecular formula is C16H27BrN2O3. The van der Waals surface area contributed by atoms with Crippen LogP contribution in [-0.4, -0.2) is 58.4 Å². The lowest BCUT2D eigenvalue weighted by Crippen LogP contribution is -2.43. The van der Waals surface area contributed by atoms with Gasteiger partial charge in [-0.05, 0) is 46.0 Å². The summed E-state index contributed by atoms with van der Waals surface area (Å²) in [6.45, 7) is 8.80. The molecule has 2 fully saturated rings. The minimum absolute atomic E-state index is 0.213. The molecule has 2 rings (SSSR count). The Morgan fingerprint density at radius 3 is 2.68 bits per heavy atom. The number of piperidine rings is 1. The van der Waals surface area contributed by atoms with Crippen molar-refractivity contribution in [2.75, 3.05) is 26.2 Å². The Morgan fingerprint density at radius 1 is 1.36 bits per heavy atom. The van der Waals surface area contributed by atoms with E-state index in [9.17, 15) is 9.59 Å². The van der Waals surface area contributed by atoms with Crippen LogP contribution < -0.4 is 0 Å². The van der Waals surface area contributed by atoms with E-state index < -0.39 is 5.60 Å². The first-order valence-corrected chi connectivity index (χ1v) is 9.06. The highest BCUT2D eigenvalue weighted by Crippen LogP contribution is 2.24. The highest BCUT2D eigenvalue weighted by molar-refractivity contribution is 9.09. The monoisotopic (exact) mass is 374 g/mol. The first-order chi connectivity index (χ1) is 10.2. The largest absolute Gasteiger partial charge is 0.444 e. The lowest BCUT2D eigenvalue weighted by atomic mass is 9.95. The molecule has 22 heavy (non-hydrogen) atoms. The van der Waals surface area contributed by atoms with E-state index in [-0.39, 0.29) is 12.0 Å². The third kappa shape index (κ3) is 5.14. The van der Waals surface area contributed by atoms with Crippen LogP contribution >= 0.6 is 15.9 Å². The predicted molar refractivity (Wildman–Crippen MR) is 89.1 cm³/mol. The minimum Gasteiger partial charge on any atom is -0.444 e. The third-order valence-electron chi connectivity index (χ3n) is 4.15. The number of carbonyl (C=O) groups excluding carboxylic acids is 2. The first-order valence-electron chi connectivity index (χ1n) is 8.14. The van der Waals surface area contributed by atoms with Gasteiger partial charge in [-0.15, -0.1) is 0 Å². The van der Waals surface area contributed by atoms with Crippen molar-refractivity contribution in [3.63, 3.8) is 0 Å². The molecule has 0 aliphatic carbocycles. The van der Waals surface area contributed by atoms with Crippen molar-refractivity contribution in [2.45, 2.75) is 56.9 Å². The SMILES string of the molecule is CC(C)(C)OC(=O)N1CCCC(CCN2CC(Br)CC2=O)C1. The Hall–Kier alpha value is -0.780. The van der Waals surface area contributed by atoms with Gasteiger partial charge < -0.3 is 14.5 Å². The second-order valence-electron chi connectivity index (χ2n) is 7.36. The smallest absolute Gasteiger partial charge is 0.410 e. The number of halogens is 1. The number of carbonyl (C=O) groups is 2. The quantitative estimate of drug-likeness (QED) is 0.713. The standard InChI is InChI=1S/C16H27BrN2O3/c1-16(2,3)22-15(21)19-7-4-5-12(10-19)6-8-18-11-13(17)9-14(18)20/h12-13H,4-11H2,1-3H3. The highest BCUT2D eigenvalue weighted by Gasteiger charge is 2.30. The summed E-state index contributed by atoms with van der Waals surface area (Å²) < 4.78 is 5.45. The number of hydrogen-bond donors (Lipinski definition) is 0. The topological polar surface area (TPSA) is 49.9 Å². The maximum Gasteiger partial charge on any atom is 0.410 e. The van der Waals surface area contributed by atoms with Crippen molar-refractivity contribution >= 4 is 27.9 Å². The number of ether oxygens (including phenoxy) is 1. The molecule has 126 valence electrons. The zero-order valence-electron chi connectivity index (χ0n) is 13.8. The molecule has 2 heterocycles. The number of alkyl halides is 1. The van der Waals surface area contributed by atoms with Crippen molar-refractivity contribution < 1.29 is 14.3 Å². The average molecular weight is 375 g/mol. The summed E-state index contributed by atoms with van der Waals surface area (Å²) in [5.41, 5.74) is -0.448. The molecule has 0 saturated carbocycles. The molecule has 5 nitrogen and oxygen atoms in total. The van der Waals surface area contributed by atoms with Crippen LogP contribution in [-0.2, 0) is 9.53 Å². The van der Waals surface area contributed by atoms with E-state index in [1.165, 1.54) is 0 Å². The van der Waals surface area contributed by atoms with E-state index in [1.54, 1.807) is 0 Å². The summed E-state index contributed by atoms with van der Waals surface area (Å²) >= 11 is 3.51. The fourth-order valence-corrected chi connectivity index (χ4v) is 3.70. The van der Waals surface area contributed by atoms with Gasteiger partial charge in [0.2, 0.25) is 5.91 Å². The van der Waals surface area contributed by atoms with E-state index in [0.29, 0.717) is 17.2 Å². The van der Waals surface area contributed by atoms with Crippen molar-refractivity contribution in [3.8, 4) is 0 Å². The Bertz CT molecular complexity index is 422. The second-order valence-corrected chi connectivity index (χ2v) is 8.66. The van der Waals surface area contributed by atoms with E-state index >= 15 is 0 Å². The average Bonchev–Trinajstić information content (AvgIpc) is 2.73. The molecule has 0 radical (unpaired) electrons. The van der Waals surface area contributed by atoms with Gasteiger partial charge in [0.25, 0.3) is 0 Å². The van der Waals surface area contributed by atoms with Gasteiger partial charge in [-0.1, -0.05) is 15.9 Å². The summed E-state index contributed by atoms with van der Waals surface area (Å²) in [7, 11) is 0. The minimum atomic E-state index is -0.448. The van der Waals surface area contributed by atoms with Gasteiger partial charge in [0.1, 0.15) is 5.60 Å². The summed E-state index contributed by atoms with van der Waals surface area (Å²) in [5, 5.41) is 0. The molecule has 2 aliphatic heterocycles. The van der Waals surface area contributed by atoms with Crippen LogP contribution in [0.4, 0.5) is 4.79 Å². The zero-order chi connectivity index (χ0) is 16.3. The Morgan fingerprint density at radius 2 is 2.09 bits per heavy atom. The lowest BCUT2D eigenvalue weighted by molar-refractivity contribution is -0.127. The Labute approximate surface area is 141 Å². The maximum absolute atomic E-state index is 12.1. The number of amides is 2. The Balaban J connectivity index is 1.78. The van der Waals surface area contributed by atoms with Gasteiger partial charge in [-0.25, -0.2) is 4.79 Å². The van der Waals surface area contributed by atoms with Gasteiger partial charge in [0.05, 0.1) is 0 Å². The first kappa shape index (κ1) is 17.6. The number of nitrogens with zero attached hydrogens (tertiary/aromatic N) is 2. The van der Waals surface area contributed by atoms with Crippen LogP contribution in [0.25, 0.3) is 0 Å². The van der Waals surface area contributed by atoms with Crippen molar-refractivity contribution in [1.82, 2.24) is 9.80 Å². The van der Waals surface area contributed by atoms with Crippen LogP contribution in [0, 0.1) is 5.92 Å². The molecule has 2 saturated heterocycles. The van der Waals surface area contributed by atoms with Gasteiger partial charge in [0, 0.05) is 37.4 Å². The van der Waals surface area contributed by atoms with Crippen LogP contribution in [0.3, 0.4) is 0 Å². The molecule has 0 aromatic rings. The van der Waals surface area contributed by atoms with Gasteiger partial charge in [-0.3, -0.25) is 4.79 Å². The highest BCUT2D eigenvalue weighted by atomic mass is 79.9. The molecule has 0 spiro atoms. The molecular weight excluding hydrogens is 348 g/mol. The van der Waals surface area contributed by atoms with Crippen molar-refractivity contribution in [3.05, 3.63) is 0 Å². The summed E-state index contributed by atoms with van der Waals surface area (Å²) in [6.07, 6.45) is 3.49. The fraction of sp³-hybridized carbons (Fsp3) is 0.875. The van der Waals surface area contributed by atoms with Crippen molar-refractivity contribution in [2.24, 2.45) is 5.92 Å².